The van der Waals surface area contributed by atoms with E-state index in [0.717, 1.165) is 16.9 Å². The Morgan fingerprint density at radius 1 is 1.42 bits per heavy atom. The molecule has 6 nitrogen and oxygen atoms in total. The summed E-state index contributed by atoms with van der Waals surface area (Å²) < 4.78 is 10.1. The number of ether oxygens (including phenoxy) is 2. The maximum absolute atomic E-state index is 12.6. The van der Waals surface area contributed by atoms with Gasteiger partial charge in [-0.2, -0.15) is 5.26 Å². The maximum atomic E-state index is 12.6. The minimum Gasteiger partial charge on any atom is -0.496 e. The summed E-state index contributed by atoms with van der Waals surface area (Å²) in [5, 5.41) is 11.1. The molecule has 24 heavy (non-hydrogen) atoms. The van der Waals surface area contributed by atoms with Crippen LogP contribution in [-0.2, 0) is 4.74 Å². The Morgan fingerprint density at radius 3 is 2.79 bits per heavy atom. The number of thiazole rings is 1. The number of hydrogen-bond acceptors (Lipinski definition) is 7. The van der Waals surface area contributed by atoms with Gasteiger partial charge in [-0.25, -0.2) is 9.78 Å². The third kappa shape index (κ3) is 3.60. The lowest BCUT2D eigenvalue weighted by Crippen LogP contribution is -2.12. The van der Waals surface area contributed by atoms with E-state index in [4.69, 9.17) is 9.47 Å². The van der Waals surface area contributed by atoms with Gasteiger partial charge in [0.05, 0.1) is 19.8 Å². The van der Waals surface area contributed by atoms with Gasteiger partial charge in [-0.15, -0.1) is 11.3 Å². The first kappa shape index (κ1) is 17.6. The first-order valence-electron chi connectivity index (χ1n) is 7.22. The van der Waals surface area contributed by atoms with Crippen LogP contribution in [0.1, 0.15) is 44.3 Å². The van der Waals surface area contributed by atoms with E-state index >= 15 is 0 Å². The first-order chi connectivity index (χ1) is 11.5. The van der Waals surface area contributed by atoms with Crippen LogP contribution in [0.4, 0.5) is 0 Å². The number of rotatable bonds is 6. The normalized spacial score (nSPS) is 11.4. The molecule has 0 saturated heterocycles. The van der Waals surface area contributed by atoms with Crippen molar-refractivity contribution in [2.45, 2.75) is 19.8 Å². The molecule has 0 aliphatic rings. The van der Waals surface area contributed by atoms with E-state index in [1.807, 2.05) is 13.0 Å². The molecular weight excluding hydrogens is 328 g/mol. The van der Waals surface area contributed by atoms with Crippen LogP contribution < -0.4 is 4.74 Å². The second kappa shape index (κ2) is 7.70. The number of methoxy groups -OCH3 is 1. The van der Waals surface area contributed by atoms with Gasteiger partial charge in [-0.3, -0.25) is 4.79 Å². The van der Waals surface area contributed by atoms with Crippen LogP contribution in [0.2, 0.25) is 0 Å². The molecule has 0 amide bonds. The summed E-state index contributed by atoms with van der Waals surface area (Å²) in [6.07, 6.45) is 0. The number of ketones is 1. The van der Waals surface area contributed by atoms with Crippen LogP contribution in [0.5, 0.6) is 5.75 Å². The van der Waals surface area contributed by atoms with Gasteiger partial charge in [0.15, 0.2) is 17.4 Å². The summed E-state index contributed by atoms with van der Waals surface area (Å²) in [6, 6.07) is 6.96. The molecule has 0 aliphatic carbocycles. The molecule has 0 radical (unpaired) electrons. The maximum Gasteiger partial charge on any atom is 0.357 e. The number of carbonyl (C=O) groups excluding carboxylic acids is 2. The Morgan fingerprint density at radius 2 is 2.17 bits per heavy atom. The summed E-state index contributed by atoms with van der Waals surface area (Å²) in [5.74, 6) is -1.46. The number of nitriles is 1. The zero-order valence-electron chi connectivity index (χ0n) is 13.5. The average Bonchev–Trinajstić information content (AvgIpc) is 3.06. The number of esters is 1. The van der Waals surface area contributed by atoms with E-state index in [1.165, 1.54) is 12.5 Å². The lowest BCUT2D eigenvalue weighted by molar-refractivity contribution is 0.0519. The Kier molecular flexibility index (Phi) is 5.66. The number of aryl methyl sites for hydroxylation is 1. The molecule has 2 rings (SSSR count). The highest BCUT2D eigenvalue weighted by Crippen LogP contribution is 2.27. The molecule has 124 valence electrons. The second-order valence-corrected chi connectivity index (χ2v) is 5.79. The van der Waals surface area contributed by atoms with Gasteiger partial charge in [0, 0.05) is 10.9 Å². The molecule has 0 aliphatic heterocycles. The minimum absolute atomic E-state index is 0.103. The molecular formula is C17H16N2O4S. The number of aromatic nitrogens is 1. The smallest absolute Gasteiger partial charge is 0.357 e. The standard InChI is InChI=1S/C17H16N2O4S/c1-4-23-17(21)13-9-24-16(19-13)12(8-18)15(20)11-6-5-10(2)14(7-11)22-3/h5-7,9,12H,4H2,1-3H3/t12-/m0/s1. The molecule has 2 aromatic rings. The molecule has 0 bridgehead atoms. The number of benzene rings is 1. The highest BCUT2D eigenvalue weighted by Gasteiger charge is 2.26. The molecule has 7 heteroatoms. The monoisotopic (exact) mass is 344 g/mol. The molecule has 1 aromatic carbocycles. The summed E-state index contributed by atoms with van der Waals surface area (Å²) >= 11 is 1.09. The summed E-state index contributed by atoms with van der Waals surface area (Å²) in [4.78, 5) is 28.4. The van der Waals surface area contributed by atoms with Crippen molar-refractivity contribution in [3.63, 3.8) is 0 Å². The van der Waals surface area contributed by atoms with Crippen LogP contribution in [0.3, 0.4) is 0 Å². The third-order valence-electron chi connectivity index (χ3n) is 3.34. The van der Waals surface area contributed by atoms with E-state index in [2.05, 4.69) is 4.98 Å². The van der Waals surface area contributed by atoms with Crippen molar-refractivity contribution in [3.05, 3.63) is 45.4 Å². The highest BCUT2D eigenvalue weighted by atomic mass is 32.1. The number of carbonyl (C=O) groups is 2. The summed E-state index contributed by atoms with van der Waals surface area (Å²) in [7, 11) is 1.52. The van der Waals surface area contributed by atoms with Crippen molar-refractivity contribution in [3.8, 4) is 11.8 Å². The third-order valence-corrected chi connectivity index (χ3v) is 4.25. The van der Waals surface area contributed by atoms with Crippen LogP contribution in [0.15, 0.2) is 23.6 Å². The van der Waals surface area contributed by atoms with E-state index < -0.39 is 11.9 Å². The van der Waals surface area contributed by atoms with E-state index in [9.17, 15) is 14.9 Å². The summed E-state index contributed by atoms with van der Waals surface area (Å²) in [5.41, 5.74) is 1.35. The van der Waals surface area contributed by atoms with Crippen molar-refractivity contribution in [1.82, 2.24) is 4.98 Å². The first-order valence-corrected chi connectivity index (χ1v) is 8.10. The van der Waals surface area contributed by atoms with Crippen LogP contribution in [-0.4, -0.2) is 30.5 Å². The Hall–Kier alpha value is -2.72. The van der Waals surface area contributed by atoms with Crippen molar-refractivity contribution in [2.24, 2.45) is 0 Å². The zero-order chi connectivity index (χ0) is 17.7. The van der Waals surface area contributed by atoms with Crippen molar-refractivity contribution >= 4 is 23.1 Å². The largest absolute Gasteiger partial charge is 0.496 e. The number of hydrogen-bond donors (Lipinski definition) is 0. The molecule has 0 N–H and O–H groups in total. The van der Waals surface area contributed by atoms with Gasteiger partial charge in [0.25, 0.3) is 0 Å². The number of nitrogens with zero attached hydrogens (tertiary/aromatic N) is 2. The molecule has 0 fully saturated rings. The molecule has 0 saturated carbocycles. The molecule has 0 spiro atoms. The van der Waals surface area contributed by atoms with Gasteiger partial charge in [-0.05, 0) is 25.5 Å². The SMILES string of the molecule is CCOC(=O)c1csc([C@@H](C#N)C(=O)c2ccc(C)c(OC)c2)n1. The fraction of sp³-hybridized carbons (Fsp3) is 0.294. The Bertz CT molecular complexity index is 807. The summed E-state index contributed by atoms with van der Waals surface area (Å²) in [6.45, 7) is 3.79. The van der Waals surface area contributed by atoms with Gasteiger partial charge in [0.2, 0.25) is 0 Å². The van der Waals surface area contributed by atoms with Crippen LogP contribution in [0, 0.1) is 18.3 Å². The van der Waals surface area contributed by atoms with Crippen LogP contribution in [0.25, 0.3) is 0 Å². The quantitative estimate of drug-likeness (QED) is 0.591. The predicted octanol–water partition coefficient (Wildman–Crippen LogP) is 3.13. The lowest BCUT2D eigenvalue weighted by atomic mass is 9.98. The topological polar surface area (TPSA) is 89.3 Å². The van der Waals surface area contributed by atoms with Gasteiger partial charge >= 0.3 is 5.97 Å². The molecule has 0 unspecified atom stereocenters. The molecule has 1 atom stereocenters. The molecule has 1 heterocycles. The fourth-order valence-electron chi connectivity index (χ4n) is 2.08. The van der Waals surface area contributed by atoms with Gasteiger partial charge in [0.1, 0.15) is 10.8 Å². The zero-order valence-corrected chi connectivity index (χ0v) is 14.3. The second-order valence-electron chi connectivity index (χ2n) is 4.90. The van der Waals surface area contributed by atoms with E-state index in [1.54, 1.807) is 25.1 Å². The van der Waals surface area contributed by atoms with Gasteiger partial charge in [-0.1, -0.05) is 12.1 Å². The van der Waals surface area contributed by atoms with E-state index in [0.29, 0.717) is 11.3 Å². The molecule has 1 aromatic heterocycles. The van der Waals surface area contributed by atoms with Crippen molar-refractivity contribution in [2.75, 3.05) is 13.7 Å². The van der Waals surface area contributed by atoms with Crippen molar-refractivity contribution < 1.29 is 19.1 Å². The minimum atomic E-state index is -1.08. The highest BCUT2D eigenvalue weighted by molar-refractivity contribution is 7.10. The Labute approximate surface area is 143 Å². The predicted molar refractivity (Wildman–Crippen MR) is 88.5 cm³/mol. The van der Waals surface area contributed by atoms with Crippen LogP contribution >= 0.6 is 11.3 Å². The number of Topliss-reactive ketones (excluding diaryl/α,β-unsaturated/α-hetero) is 1. The Balaban J connectivity index is 2.30. The van der Waals surface area contributed by atoms with E-state index in [-0.39, 0.29) is 23.1 Å². The van der Waals surface area contributed by atoms with Gasteiger partial charge < -0.3 is 9.47 Å². The van der Waals surface area contributed by atoms with Crippen molar-refractivity contribution in [1.29, 1.82) is 5.26 Å². The average molecular weight is 344 g/mol. The fourth-order valence-corrected chi connectivity index (χ4v) is 2.91. The lowest BCUT2D eigenvalue weighted by Gasteiger charge is -2.09.